The molecule has 5 rings (SSSR count). The van der Waals surface area contributed by atoms with E-state index in [9.17, 15) is 0 Å². The first-order valence-corrected chi connectivity index (χ1v) is 7.50. The Labute approximate surface area is 114 Å². The number of nitrogens with two attached hydrogens (primary N) is 1. The van der Waals surface area contributed by atoms with E-state index in [0.717, 1.165) is 16.9 Å². The maximum Gasteiger partial charge on any atom is 0.0406 e. The molecule has 0 saturated heterocycles. The van der Waals surface area contributed by atoms with E-state index >= 15 is 0 Å². The zero-order chi connectivity index (χ0) is 12.4. The quantitative estimate of drug-likeness (QED) is 0.816. The molecule has 1 aromatic carbocycles. The van der Waals surface area contributed by atoms with E-state index in [0.29, 0.717) is 5.41 Å². The van der Waals surface area contributed by atoms with Crippen molar-refractivity contribution in [2.75, 3.05) is 0 Å². The highest BCUT2D eigenvalue weighted by Gasteiger charge is 2.56. The molecule has 0 spiro atoms. The van der Waals surface area contributed by atoms with E-state index in [1.54, 1.807) is 0 Å². The Morgan fingerprint density at radius 1 is 1.00 bits per heavy atom. The predicted molar refractivity (Wildman–Crippen MR) is 74.7 cm³/mol. The lowest BCUT2D eigenvalue weighted by Gasteiger charge is -2.61. The first-order valence-electron chi connectivity index (χ1n) is 7.12. The number of hydrogen-bond acceptors (Lipinski definition) is 1. The molecule has 1 aromatic rings. The molecular weight excluding hydrogens is 242 g/mol. The standard InChI is InChI=1S/C16H20ClN/c17-14-3-1-13(2-4-14)15-6-11-5-12(7-15)9-16(18,8-11)10-15/h1-4,11-12H,5-10,18H2. The minimum Gasteiger partial charge on any atom is -0.325 e. The molecule has 96 valence electrons. The Hall–Kier alpha value is -0.530. The maximum atomic E-state index is 6.65. The van der Waals surface area contributed by atoms with Crippen LogP contribution in [-0.4, -0.2) is 5.54 Å². The van der Waals surface area contributed by atoms with E-state index in [2.05, 4.69) is 12.1 Å². The topological polar surface area (TPSA) is 26.0 Å². The molecule has 2 N–H and O–H groups in total. The van der Waals surface area contributed by atoms with Gasteiger partial charge in [0, 0.05) is 10.6 Å². The molecule has 4 saturated carbocycles. The second-order valence-corrected chi connectivity index (χ2v) is 7.55. The van der Waals surface area contributed by atoms with Crippen LogP contribution in [0.3, 0.4) is 0 Å². The van der Waals surface area contributed by atoms with Gasteiger partial charge in [0.2, 0.25) is 0 Å². The summed E-state index contributed by atoms with van der Waals surface area (Å²) in [4.78, 5) is 0. The van der Waals surface area contributed by atoms with Crippen LogP contribution in [0.4, 0.5) is 0 Å². The van der Waals surface area contributed by atoms with Gasteiger partial charge in [-0.05, 0) is 73.5 Å². The minimum atomic E-state index is 0.129. The van der Waals surface area contributed by atoms with Crippen molar-refractivity contribution < 1.29 is 0 Å². The lowest BCUT2D eigenvalue weighted by atomic mass is 9.45. The summed E-state index contributed by atoms with van der Waals surface area (Å²) in [7, 11) is 0. The highest BCUT2D eigenvalue weighted by Crippen LogP contribution is 2.61. The first kappa shape index (κ1) is 11.3. The molecule has 4 aliphatic rings. The Morgan fingerprint density at radius 2 is 1.61 bits per heavy atom. The third-order valence-electron chi connectivity index (χ3n) is 5.56. The average molecular weight is 262 g/mol. The van der Waals surface area contributed by atoms with Gasteiger partial charge in [-0.3, -0.25) is 0 Å². The first-order chi connectivity index (χ1) is 8.57. The van der Waals surface area contributed by atoms with Crippen molar-refractivity contribution in [3.8, 4) is 0 Å². The lowest BCUT2D eigenvalue weighted by Crippen LogP contribution is -2.61. The van der Waals surface area contributed by atoms with Crippen LogP contribution in [0, 0.1) is 11.8 Å². The molecule has 4 aliphatic carbocycles. The van der Waals surface area contributed by atoms with Crippen molar-refractivity contribution in [1.29, 1.82) is 0 Å². The molecule has 2 unspecified atom stereocenters. The maximum absolute atomic E-state index is 6.65. The van der Waals surface area contributed by atoms with E-state index < -0.39 is 0 Å². The van der Waals surface area contributed by atoms with Gasteiger partial charge < -0.3 is 5.73 Å². The Bertz CT molecular complexity index is 464. The van der Waals surface area contributed by atoms with Gasteiger partial charge in [-0.15, -0.1) is 0 Å². The molecule has 0 amide bonds. The number of benzene rings is 1. The predicted octanol–water partition coefficient (Wildman–Crippen LogP) is 3.89. The monoisotopic (exact) mass is 261 g/mol. The zero-order valence-corrected chi connectivity index (χ0v) is 11.4. The Balaban J connectivity index is 1.77. The molecule has 1 nitrogen and oxygen atoms in total. The average Bonchev–Trinajstić information content (AvgIpc) is 2.26. The molecule has 0 aromatic heterocycles. The summed E-state index contributed by atoms with van der Waals surface area (Å²) in [6.45, 7) is 0. The normalized spacial score (nSPS) is 45.4. The van der Waals surface area contributed by atoms with Crippen molar-refractivity contribution in [2.24, 2.45) is 17.6 Å². The summed E-state index contributed by atoms with van der Waals surface area (Å²) in [5.41, 5.74) is 8.62. The molecule has 0 heterocycles. The molecule has 0 aliphatic heterocycles. The molecular formula is C16H20ClN. The molecule has 4 fully saturated rings. The summed E-state index contributed by atoms with van der Waals surface area (Å²) >= 11 is 6.02. The third kappa shape index (κ3) is 1.57. The van der Waals surface area contributed by atoms with Crippen LogP contribution < -0.4 is 5.73 Å². The fraction of sp³-hybridized carbons (Fsp3) is 0.625. The molecule has 18 heavy (non-hydrogen) atoms. The second-order valence-electron chi connectivity index (χ2n) is 7.11. The molecule has 4 bridgehead atoms. The zero-order valence-electron chi connectivity index (χ0n) is 10.7. The smallest absolute Gasteiger partial charge is 0.0406 e. The third-order valence-corrected chi connectivity index (χ3v) is 5.81. The van der Waals surface area contributed by atoms with Crippen LogP contribution in [0.2, 0.25) is 5.02 Å². The van der Waals surface area contributed by atoms with Gasteiger partial charge in [-0.2, -0.15) is 0 Å². The Morgan fingerprint density at radius 3 is 2.17 bits per heavy atom. The van der Waals surface area contributed by atoms with Crippen LogP contribution in [0.5, 0.6) is 0 Å². The van der Waals surface area contributed by atoms with E-state index in [1.807, 2.05) is 12.1 Å². The fourth-order valence-electron chi connectivity index (χ4n) is 5.47. The van der Waals surface area contributed by atoms with E-state index in [1.165, 1.54) is 44.1 Å². The van der Waals surface area contributed by atoms with Crippen LogP contribution in [0.15, 0.2) is 24.3 Å². The van der Waals surface area contributed by atoms with Gasteiger partial charge in [-0.1, -0.05) is 23.7 Å². The van der Waals surface area contributed by atoms with Crippen LogP contribution in [0.1, 0.15) is 44.1 Å². The number of rotatable bonds is 1. The fourth-order valence-corrected chi connectivity index (χ4v) is 5.60. The van der Waals surface area contributed by atoms with Gasteiger partial charge in [0.25, 0.3) is 0 Å². The number of hydrogen-bond donors (Lipinski definition) is 1. The van der Waals surface area contributed by atoms with Crippen LogP contribution in [0.25, 0.3) is 0 Å². The minimum absolute atomic E-state index is 0.129. The van der Waals surface area contributed by atoms with Crippen molar-refractivity contribution in [3.05, 3.63) is 34.9 Å². The largest absolute Gasteiger partial charge is 0.325 e. The van der Waals surface area contributed by atoms with Crippen LogP contribution >= 0.6 is 11.6 Å². The van der Waals surface area contributed by atoms with Crippen molar-refractivity contribution in [1.82, 2.24) is 0 Å². The van der Waals surface area contributed by atoms with Gasteiger partial charge in [0.15, 0.2) is 0 Å². The molecule has 2 atom stereocenters. The van der Waals surface area contributed by atoms with Gasteiger partial charge in [0.05, 0.1) is 0 Å². The summed E-state index contributed by atoms with van der Waals surface area (Å²) in [5.74, 6) is 1.74. The van der Waals surface area contributed by atoms with Crippen molar-refractivity contribution >= 4 is 11.6 Å². The van der Waals surface area contributed by atoms with Gasteiger partial charge in [0.1, 0.15) is 0 Å². The number of halogens is 1. The molecule has 2 heteroatoms. The highest BCUT2D eigenvalue weighted by atomic mass is 35.5. The van der Waals surface area contributed by atoms with E-state index in [-0.39, 0.29) is 5.54 Å². The Kier molecular flexibility index (Phi) is 2.21. The van der Waals surface area contributed by atoms with Crippen molar-refractivity contribution in [2.45, 2.75) is 49.5 Å². The SMILES string of the molecule is NC12CC3CC(C1)CC(c1ccc(Cl)cc1)(C3)C2. The summed E-state index contributed by atoms with van der Waals surface area (Å²) in [6.07, 6.45) is 7.84. The molecule has 0 radical (unpaired) electrons. The van der Waals surface area contributed by atoms with Gasteiger partial charge in [-0.25, -0.2) is 0 Å². The lowest BCUT2D eigenvalue weighted by molar-refractivity contribution is -0.0227. The summed E-state index contributed by atoms with van der Waals surface area (Å²) < 4.78 is 0. The second kappa shape index (κ2) is 3.52. The van der Waals surface area contributed by atoms with Crippen LogP contribution in [-0.2, 0) is 5.41 Å². The summed E-state index contributed by atoms with van der Waals surface area (Å²) in [6, 6.07) is 8.55. The van der Waals surface area contributed by atoms with E-state index in [4.69, 9.17) is 17.3 Å². The summed E-state index contributed by atoms with van der Waals surface area (Å²) in [5, 5.41) is 0.839. The van der Waals surface area contributed by atoms with Crippen molar-refractivity contribution in [3.63, 3.8) is 0 Å². The van der Waals surface area contributed by atoms with Gasteiger partial charge >= 0.3 is 0 Å². The highest BCUT2D eigenvalue weighted by molar-refractivity contribution is 6.30.